The van der Waals surface area contributed by atoms with Gasteiger partial charge in [-0.05, 0) is 42.3 Å². The Bertz CT molecular complexity index is 730. The van der Waals surface area contributed by atoms with Gasteiger partial charge in [-0.2, -0.15) is 0 Å². The van der Waals surface area contributed by atoms with Crippen LogP contribution in [0.15, 0.2) is 48.5 Å². The summed E-state index contributed by atoms with van der Waals surface area (Å²) in [4.78, 5) is 12.7. The van der Waals surface area contributed by atoms with Gasteiger partial charge in [-0.25, -0.2) is 0 Å². The molecule has 2 N–H and O–H groups in total. The van der Waals surface area contributed by atoms with Crippen LogP contribution in [0.2, 0.25) is 5.02 Å². The Labute approximate surface area is 128 Å². The number of anilines is 1. The zero-order valence-electron chi connectivity index (χ0n) is 11.4. The Morgan fingerprint density at radius 3 is 2.86 bits per heavy atom. The number of hydrogen-bond acceptors (Lipinski definition) is 2. The van der Waals surface area contributed by atoms with Crippen LogP contribution in [0.5, 0.6) is 0 Å². The quantitative estimate of drug-likeness (QED) is 0.848. The largest absolute Gasteiger partial charge is 0.325 e. The molecular weight excluding hydrogens is 284 g/mol. The van der Waals surface area contributed by atoms with E-state index in [4.69, 9.17) is 11.6 Å². The molecule has 106 valence electrons. The molecule has 3 nitrogen and oxygen atoms in total. The molecule has 0 saturated carbocycles. The van der Waals surface area contributed by atoms with Gasteiger partial charge in [0.25, 0.3) is 0 Å². The molecule has 0 aliphatic carbocycles. The summed E-state index contributed by atoms with van der Waals surface area (Å²) in [6.45, 7) is 0.818. The Hall–Kier alpha value is -1.84. The average Bonchev–Trinajstić information content (AvgIpc) is 3.04. The second kappa shape index (κ2) is 4.58. The van der Waals surface area contributed by atoms with E-state index in [1.165, 1.54) is 0 Å². The molecule has 1 saturated heterocycles. The predicted octanol–water partition coefficient (Wildman–Crippen LogP) is 3.26. The molecule has 2 aromatic rings. The van der Waals surface area contributed by atoms with Gasteiger partial charge in [0, 0.05) is 10.7 Å². The van der Waals surface area contributed by atoms with Crippen LogP contribution in [0.25, 0.3) is 0 Å². The highest BCUT2D eigenvalue weighted by Gasteiger charge is 2.55. The number of para-hydroxylation sites is 1. The number of carbonyl (C=O) groups excluding carboxylic acids is 1. The van der Waals surface area contributed by atoms with E-state index in [1.54, 1.807) is 0 Å². The molecule has 2 aliphatic heterocycles. The minimum atomic E-state index is -0.527. The molecule has 1 fully saturated rings. The number of benzene rings is 2. The summed E-state index contributed by atoms with van der Waals surface area (Å²) in [6, 6.07) is 15.7. The molecule has 1 spiro atoms. The van der Waals surface area contributed by atoms with Crippen LogP contribution < -0.4 is 10.6 Å². The lowest BCUT2D eigenvalue weighted by Crippen LogP contribution is -2.39. The molecule has 2 aliphatic rings. The van der Waals surface area contributed by atoms with E-state index in [0.29, 0.717) is 5.02 Å². The molecular formula is C17H15ClN2O. The van der Waals surface area contributed by atoms with E-state index in [1.807, 2.05) is 42.5 Å². The number of halogens is 1. The van der Waals surface area contributed by atoms with Crippen molar-refractivity contribution in [1.29, 1.82) is 0 Å². The lowest BCUT2D eigenvalue weighted by Gasteiger charge is -2.29. The first-order valence-electron chi connectivity index (χ1n) is 7.11. The highest BCUT2D eigenvalue weighted by molar-refractivity contribution is 6.30. The number of nitrogens with one attached hydrogen (secondary N) is 2. The fourth-order valence-corrected chi connectivity index (χ4v) is 3.89. The third-order valence-corrected chi connectivity index (χ3v) is 4.84. The van der Waals surface area contributed by atoms with Crippen LogP contribution >= 0.6 is 11.6 Å². The van der Waals surface area contributed by atoms with Gasteiger partial charge in [0.05, 0.1) is 11.5 Å². The lowest BCUT2D eigenvalue weighted by molar-refractivity contribution is -0.121. The van der Waals surface area contributed by atoms with Crippen LogP contribution in [-0.2, 0) is 10.2 Å². The van der Waals surface area contributed by atoms with Crippen LogP contribution in [0.4, 0.5) is 5.69 Å². The highest BCUT2D eigenvalue weighted by Crippen LogP contribution is 2.50. The molecule has 4 heteroatoms. The zero-order chi connectivity index (χ0) is 14.4. The molecule has 0 bridgehead atoms. The van der Waals surface area contributed by atoms with Gasteiger partial charge in [0.1, 0.15) is 0 Å². The first-order chi connectivity index (χ1) is 10.2. The fraction of sp³-hybridized carbons (Fsp3) is 0.235. The summed E-state index contributed by atoms with van der Waals surface area (Å²) in [6.07, 6.45) is 0.799. The van der Waals surface area contributed by atoms with Crippen molar-refractivity contribution >= 4 is 23.2 Å². The molecule has 1 amide bonds. The Morgan fingerprint density at radius 2 is 2.00 bits per heavy atom. The van der Waals surface area contributed by atoms with E-state index in [9.17, 15) is 4.79 Å². The molecule has 2 unspecified atom stereocenters. The van der Waals surface area contributed by atoms with Gasteiger partial charge in [-0.15, -0.1) is 0 Å². The number of carbonyl (C=O) groups is 1. The summed E-state index contributed by atoms with van der Waals surface area (Å²) in [5.74, 6) is 0.0821. The summed E-state index contributed by atoms with van der Waals surface area (Å²) in [5.41, 5.74) is 2.55. The van der Waals surface area contributed by atoms with Crippen LogP contribution in [-0.4, -0.2) is 12.5 Å². The van der Waals surface area contributed by atoms with Crippen molar-refractivity contribution in [3.63, 3.8) is 0 Å². The molecule has 0 aromatic heterocycles. The van der Waals surface area contributed by atoms with Crippen molar-refractivity contribution < 1.29 is 4.79 Å². The summed E-state index contributed by atoms with van der Waals surface area (Å²) in [5, 5.41) is 7.21. The number of hydrogen-bond donors (Lipinski definition) is 2. The van der Waals surface area contributed by atoms with Gasteiger partial charge in [-0.3, -0.25) is 4.79 Å². The highest BCUT2D eigenvalue weighted by atomic mass is 35.5. The second-order valence-corrected chi connectivity index (χ2v) is 6.10. The first-order valence-corrected chi connectivity index (χ1v) is 7.49. The molecule has 2 aromatic carbocycles. The zero-order valence-corrected chi connectivity index (χ0v) is 12.2. The molecule has 21 heavy (non-hydrogen) atoms. The van der Waals surface area contributed by atoms with Crippen molar-refractivity contribution in [2.45, 2.75) is 17.9 Å². The third kappa shape index (κ3) is 1.74. The summed E-state index contributed by atoms with van der Waals surface area (Å²) >= 11 is 6.13. The maximum atomic E-state index is 12.7. The van der Waals surface area contributed by atoms with Gasteiger partial charge < -0.3 is 10.6 Å². The Kier molecular flexibility index (Phi) is 2.81. The monoisotopic (exact) mass is 298 g/mol. The van der Waals surface area contributed by atoms with Crippen LogP contribution in [0.1, 0.15) is 23.6 Å². The number of amides is 1. The van der Waals surface area contributed by atoms with Crippen LogP contribution in [0.3, 0.4) is 0 Å². The molecule has 2 atom stereocenters. The topological polar surface area (TPSA) is 41.1 Å². The van der Waals surface area contributed by atoms with Crippen molar-refractivity contribution in [3.05, 3.63) is 64.7 Å². The normalized spacial score (nSPS) is 26.9. The smallest absolute Gasteiger partial charge is 0.237 e. The number of rotatable bonds is 1. The first kappa shape index (κ1) is 12.9. The molecule has 4 rings (SSSR count). The van der Waals surface area contributed by atoms with Crippen molar-refractivity contribution in [1.82, 2.24) is 5.32 Å². The minimum absolute atomic E-state index is 0.0418. The Morgan fingerprint density at radius 1 is 1.14 bits per heavy atom. The van der Waals surface area contributed by atoms with E-state index in [2.05, 4.69) is 16.7 Å². The number of fused-ring (bicyclic) bond motifs is 2. The van der Waals surface area contributed by atoms with E-state index in [0.717, 1.165) is 29.8 Å². The van der Waals surface area contributed by atoms with Crippen molar-refractivity contribution in [3.8, 4) is 0 Å². The van der Waals surface area contributed by atoms with E-state index in [-0.39, 0.29) is 11.9 Å². The predicted molar refractivity (Wildman–Crippen MR) is 83.6 cm³/mol. The second-order valence-electron chi connectivity index (χ2n) is 5.66. The van der Waals surface area contributed by atoms with E-state index >= 15 is 0 Å². The third-order valence-electron chi connectivity index (χ3n) is 4.60. The fourth-order valence-electron chi connectivity index (χ4n) is 3.69. The minimum Gasteiger partial charge on any atom is -0.325 e. The van der Waals surface area contributed by atoms with E-state index < -0.39 is 5.41 Å². The van der Waals surface area contributed by atoms with Gasteiger partial charge in [0.2, 0.25) is 5.91 Å². The van der Waals surface area contributed by atoms with Crippen molar-refractivity contribution in [2.75, 3.05) is 11.9 Å². The van der Waals surface area contributed by atoms with Crippen LogP contribution in [0, 0.1) is 0 Å². The average molecular weight is 299 g/mol. The maximum Gasteiger partial charge on any atom is 0.237 e. The van der Waals surface area contributed by atoms with Gasteiger partial charge in [-0.1, -0.05) is 41.9 Å². The lowest BCUT2D eigenvalue weighted by atomic mass is 9.73. The SMILES string of the molecule is O=C1Nc2ccccc2C12CCNC2c1cccc(Cl)c1. The standard InChI is InChI=1S/C17H15ClN2O/c18-12-5-3-4-11(10-12)15-17(8-9-19-15)13-6-1-2-7-14(13)20-16(17)21/h1-7,10,15,19H,8-9H2,(H,20,21). The Balaban J connectivity index is 1.89. The van der Waals surface area contributed by atoms with Gasteiger partial charge >= 0.3 is 0 Å². The molecule has 0 radical (unpaired) electrons. The maximum absolute atomic E-state index is 12.7. The summed E-state index contributed by atoms with van der Waals surface area (Å²) < 4.78 is 0. The summed E-state index contributed by atoms with van der Waals surface area (Å²) in [7, 11) is 0. The molecule has 2 heterocycles. The van der Waals surface area contributed by atoms with Gasteiger partial charge in [0.15, 0.2) is 0 Å². The van der Waals surface area contributed by atoms with Crippen molar-refractivity contribution in [2.24, 2.45) is 0 Å².